The third-order valence-electron chi connectivity index (χ3n) is 2.39. The summed E-state index contributed by atoms with van der Waals surface area (Å²) in [5.74, 6) is 0.542. The lowest BCUT2D eigenvalue weighted by Crippen LogP contribution is -1.94. The molecule has 88 valence electrons. The first kappa shape index (κ1) is 12.8. The Morgan fingerprint density at radius 2 is 1.65 bits per heavy atom. The smallest absolute Gasteiger partial charge is 0.162 e. The lowest BCUT2D eigenvalue weighted by Gasteiger charge is -2.07. The van der Waals surface area contributed by atoms with E-state index < -0.39 is 0 Å². The highest BCUT2D eigenvalue weighted by molar-refractivity contribution is 9.10. The molecule has 1 heterocycles. The molecule has 0 atom stereocenters. The van der Waals surface area contributed by atoms with Gasteiger partial charge in [-0.3, -0.25) is 0 Å². The van der Waals surface area contributed by atoms with Crippen molar-refractivity contribution in [3.63, 3.8) is 0 Å². The fourth-order valence-corrected chi connectivity index (χ4v) is 2.14. The van der Waals surface area contributed by atoms with Gasteiger partial charge >= 0.3 is 0 Å². The second-order valence-electron chi connectivity index (χ2n) is 3.76. The van der Waals surface area contributed by atoms with Gasteiger partial charge in [0.1, 0.15) is 10.3 Å². The first-order chi connectivity index (χ1) is 7.99. The molecule has 2 aromatic rings. The monoisotopic (exact) mass is 330 g/mol. The molecule has 0 saturated carbocycles. The second kappa shape index (κ2) is 4.92. The summed E-state index contributed by atoms with van der Waals surface area (Å²) in [6.45, 7) is 4.05. The molecule has 5 heteroatoms. The van der Waals surface area contributed by atoms with Gasteiger partial charge in [-0.25, -0.2) is 9.97 Å². The number of benzene rings is 1. The van der Waals surface area contributed by atoms with Crippen LogP contribution in [0, 0.1) is 13.8 Å². The first-order valence-electron chi connectivity index (χ1n) is 4.95. The summed E-state index contributed by atoms with van der Waals surface area (Å²) in [7, 11) is 0. The lowest BCUT2D eigenvalue weighted by atomic mass is 10.1. The molecule has 0 aliphatic rings. The fraction of sp³-hybridized carbons (Fsp3) is 0.167. The molecule has 0 spiro atoms. The molecule has 0 radical (unpaired) electrons. The molecule has 2 rings (SSSR count). The van der Waals surface area contributed by atoms with Crippen molar-refractivity contribution < 1.29 is 0 Å². The van der Waals surface area contributed by atoms with E-state index in [9.17, 15) is 0 Å². The predicted octanol–water partition coefficient (Wildman–Crippen LogP) is 4.83. The van der Waals surface area contributed by atoms with E-state index >= 15 is 0 Å². The summed E-state index contributed by atoms with van der Waals surface area (Å²) in [5, 5.41) is 0.639. The standard InChI is InChI=1S/C12H9BrCl2N2/c1-6-3-4-8(7(2)5-6)12-16-10(14)9(13)11(15)17-12/h3-5H,1-2H3. The zero-order valence-corrected chi connectivity index (χ0v) is 12.4. The zero-order valence-electron chi connectivity index (χ0n) is 9.26. The number of nitrogens with zero attached hydrogens (tertiary/aromatic N) is 2. The molecule has 2 nitrogen and oxygen atoms in total. The Labute approximate surface area is 118 Å². The van der Waals surface area contributed by atoms with E-state index in [1.807, 2.05) is 26.0 Å². The van der Waals surface area contributed by atoms with Crippen LogP contribution in [-0.4, -0.2) is 9.97 Å². The van der Waals surface area contributed by atoms with E-state index in [0.29, 0.717) is 20.6 Å². The highest BCUT2D eigenvalue weighted by Crippen LogP contribution is 2.30. The van der Waals surface area contributed by atoms with Crippen molar-refractivity contribution in [2.75, 3.05) is 0 Å². The van der Waals surface area contributed by atoms with Crippen molar-refractivity contribution in [1.82, 2.24) is 9.97 Å². The number of rotatable bonds is 1. The van der Waals surface area contributed by atoms with E-state index in [4.69, 9.17) is 23.2 Å². The van der Waals surface area contributed by atoms with E-state index in [2.05, 4.69) is 32.0 Å². The quantitative estimate of drug-likeness (QED) is 0.699. The number of aromatic nitrogens is 2. The summed E-state index contributed by atoms with van der Waals surface area (Å²) < 4.78 is 0.523. The second-order valence-corrected chi connectivity index (χ2v) is 5.27. The van der Waals surface area contributed by atoms with Crippen LogP contribution >= 0.6 is 39.1 Å². The summed E-state index contributed by atoms with van der Waals surface area (Å²) in [4.78, 5) is 8.43. The Bertz CT molecular complexity index is 562. The largest absolute Gasteiger partial charge is 0.215 e. The number of halogens is 3. The lowest BCUT2D eigenvalue weighted by molar-refractivity contribution is 1.15. The average Bonchev–Trinajstić information content (AvgIpc) is 2.25. The van der Waals surface area contributed by atoms with Crippen molar-refractivity contribution in [2.45, 2.75) is 13.8 Å². The Morgan fingerprint density at radius 1 is 1.06 bits per heavy atom. The summed E-state index contributed by atoms with van der Waals surface area (Å²) in [6.07, 6.45) is 0. The highest BCUT2D eigenvalue weighted by atomic mass is 79.9. The predicted molar refractivity (Wildman–Crippen MR) is 74.7 cm³/mol. The molecular formula is C12H9BrCl2N2. The Morgan fingerprint density at radius 3 is 2.18 bits per heavy atom. The third kappa shape index (κ3) is 2.62. The molecule has 0 N–H and O–H groups in total. The van der Waals surface area contributed by atoms with Crippen molar-refractivity contribution in [3.05, 3.63) is 44.1 Å². The van der Waals surface area contributed by atoms with Crippen molar-refractivity contribution in [2.24, 2.45) is 0 Å². The van der Waals surface area contributed by atoms with Crippen molar-refractivity contribution >= 4 is 39.1 Å². The molecular weight excluding hydrogens is 323 g/mol. The van der Waals surface area contributed by atoms with Gasteiger partial charge in [0.15, 0.2) is 5.82 Å². The SMILES string of the molecule is Cc1ccc(-c2nc(Cl)c(Br)c(Cl)n2)c(C)c1. The molecule has 0 aliphatic carbocycles. The number of hydrogen-bond acceptors (Lipinski definition) is 2. The summed E-state index contributed by atoms with van der Waals surface area (Å²) in [5.41, 5.74) is 3.23. The van der Waals surface area contributed by atoms with Gasteiger partial charge in [0.25, 0.3) is 0 Å². The van der Waals surface area contributed by atoms with Crippen LogP contribution in [0.1, 0.15) is 11.1 Å². The van der Waals surface area contributed by atoms with Gasteiger partial charge in [-0.15, -0.1) is 0 Å². The van der Waals surface area contributed by atoms with Gasteiger partial charge in [0.05, 0.1) is 4.47 Å². The van der Waals surface area contributed by atoms with Gasteiger partial charge in [0, 0.05) is 5.56 Å². The number of hydrogen-bond donors (Lipinski definition) is 0. The van der Waals surface area contributed by atoms with E-state index in [0.717, 1.165) is 11.1 Å². The molecule has 1 aromatic carbocycles. The fourth-order valence-electron chi connectivity index (χ4n) is 1.58. The van der Waals surface area contributed by atoms with Crippen LogP contribution in [0.25, 0.3) is 11.4 Å². The molecule has 0 amide bonds. The maximum Gasteiger partial charge on any atom is 0.162 e. The van der Waals surface area contributed by atoms with Crippen LogP contribution < -0.4 is 0 Å². The van der Waals surface area contributed by atoms with Crippen LogP contribution in [-0.2, 0) is 0 Å². The molecule has 1 aromatic heterocycles. The van der Waals surface area contributed by atoms with Crippen LogP contribution in [0.5, 0.6) is 0 Å². The Balaban J connectivity index is 2.61. The molecule has 0 unspecified atom stereocenters. The minimum atomic E-state index is 0.319. The van der Waals surface area contributed by atoms with Gasteiger partial charge in [-0.1, -0.05) is 47.0 Å². The molecule has 0 fully saturated rings. The van der Waals surface area contributed by atoms with Crippen molar-refractivity contribution in [3.8, 4) is 11.4 Å². The normalized spacial score (nSPS) is 10.6. The van der Waals surface area contributed by atoms with Gasteiger partial charge in [-0.05, 0) is 35.3 Å². The Kier molecular flexibility index (Phi) is 3.71. The van der Waals surface area contributed by atoms with Crippen molar-refractivity contribution in [1.29, 1.82) is 0 Å². The van der Waals surface area contributed by atoms with E-state index in [1.54, 1.807) is 0 Å². The van der Waals surface area contributed by atoms with Crippen LogP contribution in [0.15, 0.2) is 22.7 Å². The molecule has 0 aliphatic heterocycles. The summed E-state index contributed by atoms with van der Waals surface area (Å²) in [6, 6.07) is 6.05. The third-order valence-corrected chi connectivity index (χ3v) is 4.15. The summed E-state index contributed by atoms with van der Waals surface area (Å²) >= 11 is 15.2. The molecule has 17 heavy (non-hydrogen) atoms. The van der Waals surface area contributed by atoms with Gasteiger partial charge < -0.3 is 0 Å². The van der Waals surface area contributed by atoms with Gasteiger partial charge in [0.2, 0.25) is 0 Å². The number of aryl methyl sites for hydroxylation is 2. The first-order valence-corrected chi connectivity index (χ1v) is 6.50. The highest BCUT2D eigenvalue weighted by Gasteiger charge is 2.12. The minimum Gasteiger partial charge on any atom is -0.215 e. The maximum atomic E-state index is 5.97. The maximum absolute atomic E-state index is 5.97. The zero-order chi connectivity index (χ0) is 12.6. The Hall–Kier alpha value is -0.640. The average molecular weight is 332 g/mol. The van der Waals surface area contributed by atoms with E-state index in [1.165, 1.54) is 5.56 Å². The molecule has 0 saturated heterocycles. The minimum absolute atomic E-state index is 0.319. The van der Waals surface area contributed by atoms with E-state index in [-0.39, 0.29) is 0 Å². The molecule has 0 bridgehead atoms. The topological polar surface area (TPSA) is 25.8 Å². The van der Waals surface area contributed by atoms with Crippen LogP contribution in [0.3, 0.4) is 0 Å². The van der Waals surface area contributed by atoms with Crippen LogP contribution in [0.4, 0.5) is 0 Å². The van der Waals surface area contributed by atoms with Gasteiger partial charge in [-0.2, -0.15) is 0 Å². The van der Waals surface area contributed by atoms with Crippen LogP contribution in [0.2, 0.25) is 10.3 Å².